The van der Waals surface area contributed by atoms with Crippen molar-refractivity contribution in [2.45, 2.75) is 12.7 Å². The van der Waals surface area contributed by atoms with Crippen molar-refractivity contribution < 1.29 is 13.2 Å². The van der Waals surface area contributed by atoms with Crippen LogP contribution in [0.2, 0.25) is 5.02 Å². The maximum Gasteiger partial charge on any atom is 0.436 e. The number of nitrogens with zero attached hydrogens (tertiary/aromatic N) is 2. The second-order valence-corrected chi connectivity index (χ2v) is 3.14. The van der Waals surface area contributed by atoms with E-state index in [9.17, 15) is 13.2 Å². The molecule has 0 aliphatic rings. The number of hydrogen-bond donors (Lipinski definition) is 1. The average molecular weight is 228 g/mol. The highest BCUT2D eigenvalue weighted by Gasteiger charge is 2.38. The number of halogens is 4. The lowest BCUT2D eigenvalue weighted by atomic mass is 10.3. The van der Waals surface area contributed by atoms with Crippen molar-refractivity contribution in [3.05, 3.63) is 16.4 Å². The predicted molar refractivity (Wildman–Crippen MR) is 46.0 cm³/mol. The summed E-state index contributed by atoms with van der Waals surface area (Å²) in [5.41, 5.74) is -0.714. The van der Waals surface area contributed by atoms with Gasteiger partial charge in [-0.1, -0.05) is 11.6 Å². The van der Waals surface area contributed by atoms with Crippen molar-refractivity contribution in [3.63, 3.8) is 0 Å². The monoisotopic (exact) mass is 227 g/mol. The van der Waals surface area contributed by atoms with Crippen molar-refractivity contribution >= 4 is 11.6 Å². The van der Waals surface area contributed by atoms with E-state index >= 15 is 0 Å². The van der Waals surface area contributed by atoms with Gasteiger partial charge in [-0.25, -0.2) is 0 Å². The summed E-state index contributed by atoms with van der Waals surface area (Å²) in [5.74, 6) is 0. The molecule has 0 unspecified atom stereocenters. The number of hydrogen-bond acceptors (Lipinski definition) is 2. The van der Waals surface area contributed by atoms with Gasteiger partial charge >= 0.3 is 6.18 Å². The molecule has 0 aliphatic carbocycles. The number of aryl methyl sites for hydroxylation is 1. The summed E-state index contributed by atoms with van der Waals surface area (Å²) in [6, 6.07) is 0. The largest absolute Gasteiger partial charge is 0.436 e. The van der Waals surface area contributed by atoms with Gasteiger partial charge in [-0.15, -0.1) is 0 Å². The number of aromatic nitrogens is 2. The summed E-state index contributed by atoms with van der Waals surface area (Å²) < 4.78 is 38.0. The van der Waals surface area contributed by atoms with Crippen molar-refractivity contribution in [2.75, 3.05) is 7.05 Å². The molecule has 7 heteroatoms. The molecular formula is C7H9ClF3N3. The van der Waals surface area contributed by atoms with Crippen molar-refractivity contribution in [2.24, 2.45) is 7.05 Å². The van der Waals surface area contributed by atoms with E-state index in [2.05, 4.69) is 10.4 Å². The molecule has 1 aromatic rings. The van der Waals surface area contributed by atoms with Crippen LogP contribution in [0.4, 0.5) is 13.2 Å². The zero-order valence-corrected chi connectivity index (χ0v) is 8.37. The van der Waals surface area contributed by atoms with E-state index in [0.29, 0.717) is 5.69 Å². The topological polar surface area (TPSA) is 29.9 Å². The van der Waals surface area contributed by atoms with Crippen LogP contribution in [0.3, 0.4) is 0 Å². The Labute approximate surface area is 83.8 Å². The van der Waals surface area contributed by atoms with E-state index in [1.54, 1.807) is 7.05 Å². The summed E-state index contributed by atoms with van der Waals surface area (Å²) in [5, 5.41) is 5.70. The van der Waals surface area contributed by atoms with E-state index in [1.165, 1.54) is 7.05 Å². The Kier molecular flexibility index (Phi) is 3.06. The van der Waals surface area contributed by atoms with Crippen molar-refractivity contribution in [1.82, 2.24) is 15.1 Å². The molecule has 0 spiro atoms. The van der Waals surface area contributed by atoms with Gasteiger partial charge in [-0.3, -0.25) is 4.68 Å². The van der Waals surface area contributed by atoms with E-state index < -0.39 is 11.9 Å². The number of alkyl halides is 3. The molecule has 1 aromatic heterocycles. The van der Waals surface area contributed by atoms with Gasteiger partial charge < -0.3 is 5.32 Å². The molecule has 0 radical (unpaired) electrons. The molecule has 0 aliphatic heterocycles. The lowest BCUT2D eigenvalue weighted by Gasteiger charge is -2.01. The molecule has 0 aromatic carbocycles. The first kappa shape index (κ1) is 11.3. The second kappa shape index (κ2) is 3.78. The lowest BCUT2D eigenvalue weighted by Crippen LogP contribution is -2.09. The van der Waals surface area contributed by atoms with Gasteiger partial charge in [0.1, 0.15) is 0 Å². The maximum absolute atomic E-state index is 12.3. The van der Waals surface area contributed by atoms with Crippen LogP contribution in [0, 0.1) is 0 Å². The summed E-state index contributed by atoms with van der Waals surface area (Å²) in [6.45, 7) is 0.248. The molecule has 80 valence electrons. The quantitative estimate of drug-likeness (QED) is 0.835. The van der Waals surface area contributed by atoms with Gasteiger partial charge in [0.2, 0.25) is 0 Å². The van der Waals surface area contributed by atoms with E-state index in [1.807, 2.05) is 0 Å². The van der Waals surface area contributed by atoms with Crippen LogP contribution in [0.15, 0.2) is 0 Å². The summed E-state index contributed by atoms with van der Waals surface area (Å²) >= 11 is 5.55. The molecule has 0 amide bonds. The van der Waals surface area contributed by atoms with Gasteiger partial charge in [0, 0.05) is 13.6 Å². The Hall–Kier alpha value is -0.750. The normalized spacial score (nSPS) is 12.1. The highest BCUT2D eigenvalue weighted by molar-refractivity contribution is 6.32. The van der Waals surface area contributed by atoms with Gasteiger partial charge in [-0.05, 0) is 7.05 Å². The Balaban J connectivity index is 3.17. The number of rotatable bonds is 2. The van der Waals surface area contributed by atoms with Crippen molar-refractivity contribution in [1.29, 1.82) is 0 Å². The first-order valence-electron chi connectivity index (χ1n) is 3.81. The molecule has 3 nitrogen and oxygen atoms in total. The Bertz CT molecular complexity index is 332. The van der Waals surface area contributed by atoms with Crippen LogP contribution in [0.25, 0.3) is 0 Å². The van der Waals surface area contributed by atoms with Crippen LogP contribution in [0.5, 0.6) is 0 Å². The van der Waals surface area contributed by atoms with E-state index in [0.717, 1.165) is 4.68 Å². The van der Waals surface area contributed by atoms with Gasteiger partial charge in [-0.2, -0.15) is 18.3 Å². The Morgan fingerprint density at radius 3 is 2.43 bits per heavy atom. The first-order chi connectivity index (χ1) is 6.38. The van der Waals surface area contributed by atoms with E-state index in [-0.39, 0.29) is 11.6 Å². The van der Waals surface area contributed by atoms with Crippen LogP contribution in [-0.2, 0) is 19.8 Å². The molecule has 1 N–H and O–H groups in total. The Morgan fingerprint density at radius 1 is 1.50 bits per heavy atom. The molecule has 14 heavy (non-hydrogen) atoms. The molecule has 0 saturated carbocycles. The fraction of sp³-hybridized carbons (Fsp3) is 0.571. The van der Waals surface area contributed by atoms with Crippen LogP contribution >= 0.6 is 11.6 Å². The van der Waals surface area contributed by atoms with Gasteiger partial charge in [0.05, 0.1) is 10.7 Å². The van der Waals surface area contributed by atoms with Gasteiger partial charge in [0.15, 0.2) is 5.69 Å². The highest BCUT2D eigenvalue weighted by atomic mass is 35.5. The van der Waals surface area contributed by atoms with E-state index in [4.69, 9.17) is 11.6 Å². The fourth-order valence-electron chi connectivity index (χ4n) is 1.07. The average Bonchev–Trinajstić information content (AvgIpc) is 2.31. The fourth-order valence-corrected chi connectivity index (χ4v) is 1.41. The van der Waals surface area contributed by atoms with Crippen LogP contribution in [0.1, 0.15) is 11.4 Å². The summed E-state index contributed by atoms with van der Waals surface area (Å²) in [7, 11) is 3.05. The van der Waals surface area contributed by atoms with Crippen LogP contribution < -0.4 is 5.32 Å². The second-order valence-electron chi connectivity index (χ2n) is 2.76. The van der Waals surface area contributed by atoms with Crippen LogP contribution in [-0.4, -0.2) is 16.8 Å². The number of nitrogens with one attached hydrogen (secondary N) is 1. The summed E-state index contributed by atoms with van der Waals surface area (Å²) in [4.78, 5) is 0. The molecule has 1 rings (SSSR count). The first-order valence-corrected chi connectivity index (χ1v) is 4.19. The molecule has 1 heterocycles. The molecule has 0 fully saturated rings. The predicted octanol–water partition coefficient (Wildman–Crippen LogP) is 1.81. The summed E-state index contributed by atoms with van der Waals surface area (Å²) in [6.07, 6.45) is -4.50. The lowest BCUT2D eigenvalue weighted by molar-refractivity contribution is -0.141. The standard InChI is InChI=1S/C7H9ClF3N3/c1-12-3-4-5(8)6(7(9,10)11)13-14(4)2/h12H,3H2,1-2H3. The third kappa shape index (κ3) is 2.01. The third-order valence-corrected chi connectivity index (χ3v) is 2.11. The Morgan fingerprint density at radius 2 is 2.07 bits per heavy atom. The third-order valence-electron chi connectivity index (χ3n) is 1.71. The molecule has 0 bridgehead atoms. The SMILES string of the molecule is CNCc1c(Cl)c(C(F)(F)F)nn1C. The van der Waals surface area contributed by atoms with Gasteiger partial charge in [0.25, 0.3) is 0 Å². The minimum absolute atomic E-state index is 0.248. The smallest absolute Gasteiger partial charge is 0.314 e. The molecule has 0 saturated heterocycles. The molecular weight excluding hydrogens is 219 g/mol. The molecule has 0 atom stereocenters. The maximum atomic E-state index is 12.3. The van der Waals surface area contributed by atoms with Crippen molar-refractivity contribution in [3.8, 4) is 0 Å². The highest BCUT2D eigenvalue weighted by Crippen LogP contribution is 2.35. The minimum atomic E-state index is -4.50. The minimum Gasteiger partial charge on any atom is -0.314 e. The zero-order chi connectivity index (χ0) is 10.9. The zero-order valence-electron chi connectivity index (χ0n) is 7.61.